The van der Waals surface area contributed by atoms with Crippen LogP contribution >= 0.6 is 15.9 Å². The van der Waals surface area contributed by atoms with Gasteiger partial charge in [-0.05, 0) is 43.5 Å². The van der Waals surface area contributed by atoms with Gasteiger partial charge in [-0.2, -0.15) is 0 Å². The summed E-state index contributed by atoms with van der Waals surface area (Å²) in [6.07, 6.45) is 2.18. The molecular weight excluding hydrogens is 240 g/mol. The highest BCUT2D eigenvalue weighted by Crippen LogP contribution is 2.25. The summed E-state index contributed by atoms with van der Waals surface area (Å²) in [6.45, 7) is 2.10. The second-order valence-corrected chi connectivity index (χ2v) is 4.89. The lowest BCUT2D eigenvalue weighted by Crippen LogP contribution is -2.44. The molecule has 1 aromatic carbocycles. The Morgan fingerprint density at radius 3 is 2.71 bits per heavy atom. The zero-order chi connectivity index (χ0) is 10.1. The van der Waals surface area contributed by atoms with Gasteiger partial charge in [0.2, 0.25) is 0 Å². The quantitative estimate of drug-likeness (QED) is 0.852. The molecule has 0 unspecified atom stereocenters. The molecule has 0 aromatic heterocycles. The van der Waals surface area contributed by atoms with Gasteiger partial charge in [0.05, 0.1) is 0 Å². The van der Waals surface area contributed by atoms with Gasteiger partial charge in [0.1, 0.15) is 0 Å². The molecule has 76 valence electrons. The monoisotopic (exact) mass is 254 g/mol. The van der Waals surface area contributed by atoms with Crippen LogP contribution in [0.25, 0.3) is 0 Å². The maximum atomic E-state index is 5.73. The number of hydrogen-bond acceptors (Lipinski definition) is 2. The Hall–Kier alpha value is -0.540. The fraction of sp³-hybridized carbons (Fsp3) is 0.455. The summed E-state index contributed by atoms with van der Waals surface area (Å²) in [4.78, 5) is 0. The summed E-state index contributed by atoms with van der Waals surface area (Å²) in [5, 5.41) is 3.48. The van der Waals surface area contributed by atoms with E-state index in [4.69, 9.17) is 5.73 Å². The second-order valence-electron chi connectivity index (χ2n) is 4.04. The average Bonchev–Trinajstić information content (AvgIpc) is 2.09. The molecule has 0 atom stereocenters. The Kier molecular flexibility index (Phi) is 2.79. The van der Waals surface area contributed by atoms with Gasteiger partial charge in [-0.15, -0.1) is 0 Å². The Bertz CT molecular complexity index is 332. The molecule has 0 radical (unpaired) electrons. The lowest BCUT2D eigenvalue weighted by atomic mass is 9.87. The molecule has 1 aliphatic carbocycles. The van der Waals surface area contributed by atoms with E-state index in [-0.39, 0.29) is 0 Å². The van der Waals surface area contributed by atoms with Crippen molar-refractivity contribution in [2.24, 2.45) is 5.73 Å². The highest BCUT2D eigenvalue weighted by molar-refractivity contribution is 9.10. The maximum Gasteiger partial charge on any atom is 0.0345 e. The van der Waals surface area contributed by atoms with Crippen LogP contribution < -0.4 is 11.1 Å². The second kappa shape index (κ2) is 3.91. The van der Waals surface area contributed by atoms with Crippen molar-refractivity contribution in [2.75, 3.05) is 5.32 Å². The summed E-state index contributed by atoms with van der Waals surface area (Å²) in [7, 11) is 0. The standard InChI is InChI=1S/C11H15BrN2/c1-7-4-9(2-3-11(7)12)14-10-5-8(13)6-10/h2-4,8,10,14H,5-6,13H2,1H3. The molecule has 1 fully saturated rings. The molecule has 1 aromatic rings. The van der Waals surface area contributed by atoms with Gasteiger partial charge in [-0.1, -0.05) is 15.9 Å². The highest BCUT2D eigenvalue weighted by atomic mass is 79.9. The van der Waals surface area contributed by atoms with Crippen LogP contribution in [-0.4, -0.2) is 12.1 Å². The Morgan fingerprint density at radius 1 is 1.43 bits per heavy atom. The first-order chi connectivity index (χ1) is 6.65. The SMILES string of the molecule is Cc1cc(NC2CC(N)C2)ccc1Br. The molecule has 2 rings (SSSR count). The van der Waals surface area contributed by atoms with Crippen molar-refractivity contribution < 1.29 is 0 Å². The smallest absolute Gasteiger partial charge is 0.0345 e. The van der Waals surface area contributed by atoms with Crippen molar-refractivity contribution in [3.63, 3.8) is 0 Å². The van der Waals surface area contributed by atoms with Crippen LogP contribution in [0, 0.1) is 6.92 Å². The molecule has 0 saturated heterocycles. The van der Waals surface area contributed by atoms with Gasteiger partial charge in [0.15, 0.2) is 0 Å². The topological polar surface area (TPSA) is 38.0 Å². The zero-order valence-corrected chi connectivity index (χ0v) is 9.84. The van der Waals surface area contributed by atoms with E-state index < -0.39 is 0 Å². The van der Waals surface area contributed by atoms with Crippen molar-refractivity contribution in [1.29, 1.82) is 0 Å². The number of aryl methyl sites for hydroxylation is 1. The van der Waals surface area contributed by atoms with Crippen LogP contribution in [0.2, 0.25) is 0 Å². The van der Waals surface area contributed by atoms with E-state index >= 15 is 0 Å². The fourth-order valence-corrected chi connectivity index (χ4v) is 2.00. The first-order valence-corrected chi connectivity index (χ1v) is 5.73. The summed E-state index contributed by atoms with van der Waals surface area (Å²) >= 11 is 3.49. The zero-order valence-electron chi connectivity index (χ0n) is 8.26. The summed E-state index contributed by atoms with van der Waals surface area (Å²) < 4.78 is 1.16. The minimum Gasteiger partial charge on any atom is -0.382 e. The minimum absolute atomic E-state index is 0.407. The fourth-order valence-electron chi connectivity index (χ4n) is 1.75. The van der Waals surface area contributed by atoms with E-state index in [1.54, 1.807) is 0 Å². The number of hydrogen-bond donors (Lipinski definition) is 2. The maximum absolute atomic E-state index is 5.73. The summed E-state index contributed by atoms with van der Waals surface area (Å²) in [5.74, 6) is 0. The van der Waals surface area contributed by atoms with Crippen molar-refractivity contribution in [3.05, 3.63) is 28.2 Å². The van der Waals surface area contributed by atoms with E-state index in [0.717, 1.165) is 17.3 Å². The molecule has 2 nitrogen and oxygen atoms in total. The van der Waals surface area contributed by atoms with Crippen molar-refractivity contribution in [2.45, 2.75) is 31.8 Å². The van der Waals surface area contributed by atoms with Crippen LogP contribution in [0.1, 0.15) is 18.4 Å². The number of nitrogens with two attached hydrogens (primary N) is 1. The molecule has 0 spiro atoms. The largest absolute Gasteiger partial charge is 0.382 e. The van der Waals surface area contributed by atoms with Crippen LogP contribution in [0.4, 0.5) is 5.69 Å². The van der Waals surface area contributed by atoms with Crippen molar-refractivity contribution >= 4 is 21.6 Å². The first kappa shape index (κ1) is 9.99. The summed E-state index contributed by atoms with van der Waals surface area (Å²) in [6, 6.07) is 7.32. The van der Waals surface area contributed by atoms with E-state index in [2.05, 4.69) is 46.4 Å². The van der Waals surface area contributed by atoms with Gasteiger partial charge in [0, 0.05) is 22.2 Å². The number of rotatable bonds is 2. The molecule has 3 N–H and O–H groups in total. The van der Waals surface area contributed by atoms with Gasteiger partial charge < -0.3 is 11.1 Å². The summed E-state index contributed by atoms with van der Waals surface area (Å²) in [5.41, 5.74) is 8.19. The average molecular weight is 255 g/mol. The van der Waals surface area contributed by atoms with E-state index in [1.807, 2.05) is 0 Å². The molecular formula is C11H15BrN2. The third-order valence-corrected chi connectivity index (χ3v) is 3.59. The van der Waals surface area contributed by atoms with Crippen LogP contribution in [0.3, 0.4) is 0 Å². The van der Waals surface area contributed by atoms with Gasteiger partial charge in [-0.3, -0.25) is 0 Å². The molecule has 0 heterocycles. The minimum atomic E-state index is 0.407. The highest BCUT2D eigenvalue weighted by Gasteiger charge is 2.25. The molecule has 3 heteroatoms. The Labute approximate surface area is 93.0 Å². The van der Waals surface area contributed by atoms with Crippen LogP contribution in [0.5, 0.6) is 0 Å². The van der Waals surface area contributed by atoms with Gasteiger partial charge in [0.25, 0.3) is 0 Å². The van der Waals surface area contributed by atoms with Crippen molar-refractivity contribution in [3.8, 4) is 0 Å². The van der Waals surface area contributed by atoms with Crippen LogP contribution in [0.15, 0.2) is 22.7 Å². The normalized spacial score (nSPS) is 25.6. The van der Waals surface area contributed by atoms with E-state index in [9.17, 15) is 0 Å². The predicted molar refractivity (Wildman–Crippen MR) is 63.5 cm³/mol. The molecule has 0 amide bonds. The molecule has 14 heavy (non-hydrogen) atoms. The predicted octanol–water partition coefficient (Wildman–Crippen LogP) is 2.66. The number of nitrogens with one attached hydrogen (secondary N) is 1. The number of halogens is 1. The van der Waals surface area contributed by atoms with Gasteiger partial charge in [-0.25, -0.2) is 0 Å². The molecule has 1 saturated carbocycles. The third-order valence-electron chi connectivity index (χ3n) is 2.70. The molecule has 0 bridgehead atoms. The van der Waals surface area contributed by atoms with Gasteiger partial charge >= 0.3 is 0 Å². The molecule has 0 aliphatic heterocycles. The first-order valence-electron chi connectivity index (χ1n) is 4.93. The van der Waals surface area contributed by atoms with Crippen LogP contribution in [-0.2, 0) is 0 Å². The lowest BCUT2D eigenvalue weighted by Gasteiger charge is -2.33. The van der Waals surface area contributed by atoms with Crippen molar-refractivity contribution in [1.82, 2.24) is 0 Å². The third kappa shape index (κ3) is 2.10. The molecule has 1 aliphatic rings. The van der Waals surface area contributed by atoms with E-state index in [1.165, 1.54) is 11.3 Å². The number of benzene rings is 1. The van der Waals surface area contributed by atoms with E-state index in [0.29, 0.717) is 12.1 Å². The Morgan fingerprint density at radius 2 is 2.14 bits per heavy atom. The lowest BCUT2D eigenvalue weighted by molar-refractivity contribution is 0.373. The Balaban J connectivity index is 2.00. The number of anilines is 1.